The molecule has 0 aliphatic carbocycles. The highest BCUT2D eigenvalue weighted by molar-refractivity contribution is 7.99. The number of rotatable bonds is 11. The van der Waals surface area contributed by atoms with E-state index < -0.39 is 18.2 Å². The van der Waals surface area contributed by atoms with Crippen molar-refractivity contribution in [2.24, 2.45) is 0 Å². The molecule has 45 heavy (non-hydrogen) atoms. The highest BCUT2D eigenvalue weighted by Crippen LogP contribution is 2.44. The molecule has 0 unspecified atom stereocenters. The average Bonchev–Trinajstić information content (AvgIpc) is 3.59. The molecule has 0 saturated carbocycles. The van der Waals surface area contributed by atoms with Crippen molar-refractivity contribution in [2.75, 3.05) is 52.3 Å². The number of alkyl halides is 6. The molecule has 3 heterocycles. The van der Waals surface area contributed by atoms with Crippen molar-refractivity contribution in [3.05, 3.63) is 41.6 Å². The van der Waals surface area contributed by atoms with Crippen LogP contribution in [0.15, 0.2) is 35.5 Å². The molecule has 17 heteroatoms. The van der Waals surface area contributed by atoms with Crippen molar-refractivity contribution < 1.29 is 36.0 Å². The number of hydrogen-bond donors (Lipinski definition) is 4. The third-order valence-electron chi connectivity index (χ3n) is 7.50. The van der Waals surface area contributed by atoms with Crippen LogP contribution in [0.3, 0.4) is 0 Å². The van der Waals surface area contributed by atoms with E-state index in [9.17, 15) is 26.3 Å². The predicted octanol–water partition coefficient (Wildman–Crippen LogP) is 6.46. The zero-order chi connectivity index (χ0) is 32.7. The van der Waals surface area contributed by atoms with Gasteiger partial charge in [0.25, 0.3) is 0 Å². The number of nitrogens with zero attached hydrogens (tertiary/aromatic N) is 4. The van der Waals surface area contributed by atoms with Crippen molar-refractivity contribution in [1.29, 1.82) is 0 Å². The molecule has 246 valence electrons. The van der Waals surface area contributed by atoms with Gasteiger partial charge in [-0.05, 0) is 36.1 Å². The summed E-state index contributed by atoms with van der Waals surface area (Å²) in [6, 6.07) is 6.30. The second-order valence-corrected chi connectivity index (χ2v) is 12.5. The van der Waals surface area contributed by atoms with Gasteiger partial charge in [0, 0.05) is 61.8 Å². The minimum absolute atomic E-state index is 0.0596. The van der Waals surface area contributed by atoms with E-state index in [0.29, 0.717) is 40.9 Å². The maximum atomic E-state index is 13.7. The molecule has 0 radical (unpaired) electrons. The number of imidazole rings is 1. The van der Waals surface area contributed by atoms with E-state index in [2.05, 4.69) is 40.2 Å². The fourth-order valence-electron chi connectivity index (χ4n) is 5.52. The number of halogens is 6. The van der Waals surface area contributed by atoms with E-state index in [4.69, 9.17) is 15.4 Å². The average molecular weight is 661 g/mol. The molecule has 1 aromatic heterocycles. The number of benzene rings is 2. The van der Waals surface area contributed by atoms with Crippen molar-refractivity contribution in [2.45, 2.75) is 63.1 Å². The van der Waals surface area contributed by atoms with Crippen LogP contribution in [-0.4, -0.2) is 47.9 Å². The molecule has 5 rings (SSSR count). The lowest BCUT2D eigenvalue weighted by Gasteiger charge is -2.23. The monoisotopic (exact) mass is 660 g/mol. The van der Waals surface area contributed by atoms with Crippen LogP contribution in [0, 0.1) is 0 Å². The predicted molar refractivity (Wildman–Crippen MR) is 162 cm³/mol. The molecule has 2 aromatic carbocycles. The molecule has 2 aliphatic heterocycles. The third-order valence-corrected chi connectivity index (χ3v) is 8.46. The number of likely N-dealkylation sites (N-methyl/N-ethyl adjacent to an activating group) is 1. The minimum Gasteiger partial charge on any atom is -0.396 e. The fourth-order valence-corrected chi connectivity index (χ4v) is 6.19. The number of nitrogen functional groups attached to an aromatic ring is 1. The smallest absolute Gasteiger partial charge is 0.396 e. The maximum Gasteiger partial charge on any atom is 0.484 e. The number of thioether (sulfide) groups is 1. The number of hydrazine groups is 1. The largest absolute Gasteiger partial charge is 0.484 e. The van der Waals surface area contributed by atoms with Crippen LogP contribution in [0.1, 0.15) is 38.3 Å². The summed E-state index contributed by atoms with van der Waals surface area (Å²) in [5, 5.41) is 0.160. The summed E-state index contributed by atoms with van der Waals surface area (Å²) >= 11 is 0.548. The molecule has 0 atom stereocenters. The van der Waals surface area contributed by atoms with Gasteiger partial charge in [0.05, 0.1) is 22.8 Å². The molecule has 0 fully saturated rings. The molecule has 0 spiro atoms. The summed E-state index contributed by atoms with van der Waals surface area (Å²) in [6.45, 7) is 7.08. The first-order valence-corrected chi connectivity index (χ1v) is 15.1. The van der Waals surface area contributed by atoms with Gasteiger partial charge in [0.1, 0.15) is 5.03 Å². The number of anilines is 5. The van der Waals surface area contributed by atoms with E-state index >= 15 is 0 Å². The number of fused-ring (bicyclic) bond motifs is 2. The van der Waals surface area contributed by atoms with Crippen LogP contribution in [-0.2, 0) is 18.4 Å². The summed E-state index contributed by atoms with van der Waals surface area (Å²) in [4.78, 5) is 17.9. The fraction of sp³-hybridized carbons (Fsp3) is 0.464. The Labute approximate surface area is 260 Å². The van der Waals surface area contributed by atoms with Crippen LogP contribution in [0.4, 0.5) is 55.0 Å². The Morgan fingerprint density at radius 3 is 2.42 bits per heavy atom. The van der Waals surface area contributed by atoms with E-state index in [-0.39, 0.29) is 52.2 Å². The topological polar surface area (TPSA) is 105 Å². The lowest BCUT2D eigenvalue weighted by Crippen LogP contribution is -2.36. The van der Waals surface area contributed by atoms with E-state index in [1.54, 1.807) is 10.6 Å². The molecule has 10 nitrogen and oxygen atoms in total. The van der Waals surface area contributed by atoms with Crippen molar-refractivity contribution in [1.82, 2.24) is 15.2 Å². The highest BCUT2D eigenvalue weighted by Gasteiger charge is 2.42. The summed E-state index contributed by atoms with van der Waals surface area (Å²) in [6.07, 6.45) is -6.66. The molecule has 3 aromatic rings. The zero-order valence-electron chi connectivity index (χ0n) is 25.0. The lowest BCUT2D eigenvalue weighted by molar-refractivity contribution is -0.128. The Kier molecular flexibility index (Phi) is 8.78. The number of aromatic nitrogens is 2. The summed E-state index contributed by atoms with van der Waals surface area (Å²) < 4.78 is 81.1. The quantitative estimate of drug-likeness (QED) is 0.0603. The van der Waals surface area contributed by atoms with Gasteiger partial charge in [-0.15, -0.1) is 0 Å². The van der Waals surface area contributed by atoms with Crippen LogP contribution >= 0.6 is 11.8 Å². The second-order valence-electron chi connectivity index (χ2n) is 11.5. The van der Waals surface area contributed by atoms with Crippen molar-refractivity contribution in [3.8, 4) is 11.5 Å². The second kappa shape index (κ2) is 12.2. The molecule has 0 saturated heterocycles. The molecular weight excluding hydrogens is 626 g/mol. The normalized spacial score (nSPS) is 15.7. The number of aryl methyl sites for hydroxylation is 1. The minimum atomic E-state index is -4.60. The SMILES string of the molecule is CCCn1cc(SCC(F)(F)F)nc1NNc1cc2c(cc1ONOc1cc3c(cc1N)C(C)(C)CN3C)N(C(F)(F)F)CC2. The lowest BCUT2D eigenvalue weighted by atomic mass is 9.86. The van der Waals surface area contributed by atoms with Gasteiger partial charge in [0.2, 0.25) is 5.95 Å². The number of hydrogen-bond acceptors (Lipinski definition) is 10. The van der Waals surface area contributed by atoms with Gasteiger partial charge in [0.15, 0.2) is 11.5 Å². The van der Waals surface area contributed by atoms with Gasteiger partial charge in [-0.3, -0.25) is 15.8 Å². The first kappa shape index (κ1) is 32.5. The standard InChI is InChI=1S/C28H34F6N8O2S/c1-5-7-41-13-24(45-15-27(29,30)31)36-25(41)38-37-19-9-16-6-8-42(28(32,33)34)20(16)11-23(19)44-39-43-22-12-21-17(10-18(22)35)26(2,3)14-40(21)4/h9-13,37,39H,5-8,14-15,35H2,1-4H3,(H,36,38). The molecule has 0 bridgehead atoms. The van der Waals surface area contributed by atoms with Crippen LogP contribution in [0.2, 0.25) is 0 Å². The van der Waals surface area contributed by atoms with Gasteiger partial charge in [-0.1, -0.05) is 32.5 Å². The van der Waals surface area contributed by atoms with Crippen molar-refractivity contribution in [3.63, 3.8) is 0 Å². The van der Waals surface area contributed by atoms with E-state index in [1.165, 1.54) is 18.3 Å². The Bertz CT molecular complexity index is 1540. The first-order valence-electron chi connectivity index (χ1n) is 14.1. The Morgan fingerprint density at radius 2 is 1.73 bits per heavy atom. The Balaban J connectivity index is 1.37. The van der Waals surface area contributed by atoms with Gasteiger partial charge >= 0.3 is 12.5 Å². The summed E-state index contributed by atoms with van der Waals surface area (Å²) in [7, 11) is 1.95. The van der Waals surface area contributed by atoms with Gasteiger partial charge in [-0.25, -0.2) is 4.98 Å². The summed E-state index contributed by atoms with van der Waals surface area (Å²) in [5.41, 5.74) is 17.1. The Morgan fingerprint density at radius 1 is 1.02 bits per heavy atom. The maximum absolute atomic E-state index is 13.7. The van der Waals surface area contributed by atoms with Crippen LogP contribution in [0.25, 0.3) is 0 Å². The third kappa shape index (κ3) is 7.19. The number of nitrogens with one attached hydrogen (secondary N) is 3. The van der Waals surface area contributed by atoms with Gasteiger partial charge < -0.3 is 24.9 Å². The first-order chi connectivity index (χ1) is 21.1. The van der Waals surface area contributed by atoms with E-state index in [1.807, 2.05) is 20.0 Å². The number of nitrogens with two attached hydrogens (primary N) is 1. The van der Waals surface area contributed by atoms with Crippen molar-refractivity contribution >= 4 is 40.5 Å². The summed E-state index contributed by atoms with van der Waals surface area (Å²) in [5.74, 6) is -0.687. The Hall–Kier alpha value is -3.86. The highest BCUT2D eigenvalue weighted by atomic mass is 32.2. The molecule has 5 N–H and O–H groups in total. The van der Waals surface area contributed by atoms with Crippen LogP contribution in [0.5, 0.6) is 11.5 Å². The van der Waals surface area contributed by atoms with Crippen LogP contribution < -0.4 is 41.7 Å². The zero-order valence-corrected chi connectivity index (χ0v) is 25.8. The van der Waals surface area contributed by atoms with E-state index in [0.717, 1.165) is 17.8 Å². The molecular formula is C28H34F6N8O2S. The van der Waals surface area contributed by atoms with Gasteiger partial charge in [-0.2, -0.15) is 26.3 Å². The molecule has 0 amide bonds. The molecule has 2 aliphatic rings.